The highest BCUT2D eigenvalue weighted by Crippen LogP contribution is 2.34. The summed E-state index contributed by atoms with van der Waals surface area (Å²) in [6.07, 6.45) is -3.70. The first-order chi connectivity index (χ1) is 12.8. The van der Waals surface area contributed by atoms with Gasteiger partial charge in [-0.2, -0.15) is 18.3 Å². The van der Waals surface area contributed by atoms with Crippen LogP contribution >= 0.6 is 0 Å². The van der Waals surface area contributed by atoms with Crippen LogP contribution in [0.3, 0.4) is 0 Å². The van der Waals surface area contributed by atoms with Crippen molar-refractivity contribution in [3.63, 3.8) is 0 Å². The first-order valence-electron chi connectivity index (χ1n) is 8.77. The molecule has 0 unspecified atom stereocenters. The number of hydrogen-bond acceptors (Lipinski definition) is 3. The lowest BCUT2D eigenvalue weighted by molar-refractivity contribution is -0.902. The lowest BCUT2D eigenvalue weighted by atomic mass is 10.2. The number of ether oxygens (including phenoxy) is 1. The fourth-order valence-corrected chi connectivity index (χ4v) is 3.25. The van der Waals surface area contributed by atoms with Crippen molar-refractivity contribution in [2.45, 2.75) is 13.1 Å². The molecular weight excluding hydrogens is 361 g/mol. The number of quaternary nitrogens is 1. The number of piperazine rings is 1. The van der Waals surface area contributed by atoms with E-state index in [-0.39, 0.29) is 5.69 Å². The Morgan fingerprint density at radius 2 is 1.85 bits per heavy atom. The van der Waals surface area contributed by atoms with Crippen LogP contribution in [0.1, 0.15) is 23.0 Å². The molecule has 2 aromatic rings. The molecule has 1 amide bonds. The number of aromatic nitrogens is 2. The highest BCUT2D eigenvalue weighted by Gasteiger charge is 2.41. The third-order valence-corrected chi connectivity index (χ3v) is 4.84. The average molecular weight is 383 g/mol. The number of nitrogens with zero attached hydrogens (tertiary/aromatic N) is 3. The molecule has 1 fully saturated rings. The van der Waals surface area contributed by atoms with E-state index >= 15 is 0 Å². The van der Waals surface area contributed by atoms with Gasteiger partial charge in [-0.15, -0.1) is 0 Å². The van der Waals surface area contributed by atoms with Gasteiger partial charge in [0, 0.05) is 0 Å². The van der Waals surface area contributed by atoms with Crippen LogP contribution in [0.5, 0.6) is 5.75 Å². The zero-order chi connectivity index (χ0) is 19.6. The van der Waals surface area contributed by atoms with Crippen molar-refractivity contribution in [2.75, 3.05) is 39.8 Å². The Morgan fingerprint density at radius 3 is 2.37 bits per heavy atom. The fourth-order valence-electron chi connectivity index (χ4n) is 3.25. The summed E-state index contributed by atoms with van der Waals surface area (Å²) in [6.45, 7) is 5.32. The average Bonchev–Trinajstić information content (AvgIpc) is 3.13. The summed E-state index contributed by atoms with van der Waals surface area (Å²) in [6, 6.07) is 6.04. The van der Waals surface area contributed by atoms with Crippen molar-refractivity contribution in [1.29, 1.82) is 0 Å². The van der Waals surface area contributed by atoms with E-state index < -0.39 is 23.3 Å². The van der Waals surface area contributed by atoms with Gasteiger partial charge in [0.25, 0.3) is 5.91 Å². The molecule has 0 radical (unpaired) electrons. The fraction of sp³-hybridized carbons (Fsp3) is 0.444. The van der Waals surface area contributed by atoms with Gasteiger partial charge in [-0.25, -0.2) is 4.68 Å². The number of likely N-dealkylation sites (N-methyl/N-ethyl adjacent to an activating group) is 1. The zero-order valence-corrected chi connectivity index (χ0v) is 15.2. The van der Waals surface area contributed by atoms with Gasteiger partial charge in [0.1, 0.15) is 5.75 Å². The van der Waals surface area contributed by atoms with Crippen LogP contribution < -0.4 is 9.64 Å². The van der Waals surface area contributed by atoms with Crippen molar-refractivity contribution < 1.29 is 27.6 Å². The molecule has 27 heavy (non-hydrogen) atoms. The maximum atomic E-state index is 13.8. The third kappa shape index (κ3) is 3.92. The van der Waals surface area contributed by atoms with Gasteiger partial charge >= 0.3 is 6.18 Å². The number of carbonyl (C=O) groups is 1. The highest BCUT2D eigenvalue weighted by molar-refractivity contribution is 5.95. The molecule has 0 saturated carbocycles. The van der Waals surface area contributed by atoms with Crippen LogP contribution in [0.2, 0.25) is 0 Å². The van der Waals surface area contributed by atoms with Crippen LogP contribution in [0, 0.1) is 0 Å². The van der Waals surface area contributed by atoms with E-state index in [1.165, 1.54) is 29.0 Å². The molecule has 1 saturated heterocycles. The van der Waals surface area contributed by atoms with Crippen molar-refractivity contribution in [3.05, 3.63) is 41.7 Å². The Bertz CT molecular complexity index is 794. The Hall–Kier alpha value is -2.55. The molecular formula is C18H22F3N4O2+. The number of alkyl halides is 3. The van der Waals surface area contributed by atoms with Crippen LogP contribution in [-0.4, -0.2) is 60.4 Å². The molecule has 1 aliphatic heterocycles. The summed E-state index contributed by atoms with van der Waals surface area (Å²) in [4.78, 5) is 15.6. The van der Waals surface area contributed by atoms with E-state index in [9.17, 15) is 18.0 Å². The SMILES string of the molecule is CC[NH+]1CCN(C(=O)c2cnn(-c3ccc(OC)cc3)c2C(F)(F)F)CC1. The van der Waals surface area contributed by atoms with Gasteiger partial charge in [-0.3, -0.25) is 4.79 Å². The van der Waals surface area contributed by atoms with Crippen LogP contribution in [0.25, 0.3) is 5.69 Å². The summed E-state index contributed by atoms with van der Waals surface area (Å²) in [5, 5.41) is 3.86. The maximum Gasteiger partial charge on any atom is 0.434 e. The molecule has 1 aromatic heterocycles. The molecule has 146 valence electrons. The Kier molecular flexibility index (Phi) is 5.41. The molecule has 0 spiro atoms. The first kappa shape index (κ1) is 19.2. The van der Waals surface area contributed by atoms with Crippen molar-refractivity contribution in [2.24, 2.45) is 0 Å². The number of hydrogen-bond donors (Lipinski definition) is 1. The molecule has 1 N–H and O–H groups in total. The largest absolute Gasteiger partial charge is 0.497 e. The lowest BCUT2D eigenvalue weighted by Crippen LogP contribution is -3.14. The van der Waals surface area contributed by atoms with E-state index in [2.05, 4.69) is 5.10 Å². The monoisotopic (exact) mass is 383 g/mol. The number of carbonyl (C=O) groups excluding carboxylic acids is 1. The molecule has 9 heteroatoms. The van der Waals surface area contributed by atoms with E-state index in [1.807, 2.05) is 6.92 Å². The predicted octanol–water partition coefficient (Wildman–Crippen LogP) is 1.26. The molecule has 6 nitrogen and oxygen atoms in total. The van der Waals surface area contributed by atoms with Crippen molar-refractivity contribution in [3.8, 4) is 11.4 Å². The second kappa shape index (κ2) is 7.59. The first-order valence-corrected chi connectivity index (χ1v) is 8.77. The summed E-state index contributed by atoms with van der Waals surface area (Å²) in [7, 11) is 1.47. The van der Waals surface area contributed by atoms with E-state index in [4.69, 9.17) is 4.74 Å². The minimum Gasteiger partial charge on any atom is -0.497 e. The van der Waals surface area contributed by atoms with Crippen LogP contribution in [-0.2, 0) is 6.18 Å². The molecule has 0 aliphatic carbocycles. The second-order valence-corrected chi connectivity index (χ2v) is 6.41. The zero-order valence-electron chi connectivity index (χ0n) is 15.2. The minimum atomic E-state index is -4.71. The summed E-state index contributed by atoms with van der Waals surface area (Å²) >= 11 is 0. The second-order valence-electron chi connectivity index (χ2n) is 6.41. The van der Waals surface area contributed by atoms with Crippen molar-refractivity contribution >= 4 is 5.91 Å². The molecule has 0 bridgehead atoms. The number of amides is 1. The summed E-state index contributed by atoms with van der Waals surface area (Å²) in [5.41, 5.74) is -1.26. The topological polar surface area (TPSA) is 51.8 Å². The Morgan fingerprint density at radius 1 is 1.22 bits per heavy atom. The number of halogens is 3. The number of methoxy groups -OCH3 is 1. The maximum absolute atomic E-state index is 13.8. The van der Waals surface area contributed by atoms with Crippen LogP contribution in [0.15, 0.2) is 30.5 Å². The smallest absolute Gasteiger partial charge is 0.434 e. The standard InChI is InChI=1S/C18H21F3N4O2/c1-3-23-8-10-24(11-9-23)17(26)15-12-22-25(16(15)18(19,20)21)13-4-6-14(27-2)7-5-13/h4-7,12H,3,8-11H2,1-2H3/p+1. The third-order valence-electron chi connectivity index (χ3n) is 4.84. The lowest BCUT2D eigenvalue weighted by Gasteiger charge is -2.31. The van der Waals surface area contributed by atoms with E-state index in [0.717, 1.165) is 30.5 Å². The van der Waals surface area contributed by atoms with Gasteiger partial charge in [-0.05, 0) is 31.2 Å². The Labute approximate surface area is 155 Å². The van der Waals surface area contributed by atoms with Gasteiger partial charge < -0.3 is 14.5 Å². The molecule has 2 heterocycles. The normalized spacial score (nSPS) is 15.8. The van der Waals surface area contributed by atoms with Gasteiger partial charge in [0.15, 0.2) is 5.69 Å². The predicted molar refractivity (Wildman–Crippen MR) is 92.3 cm³/mol. The quantitative estimate of drug-likeness (QED) is 0.865. The molecule has 1 aromatic carbocycles. The number of nitrogens with one attached hydrogen (secondary N) is 1. The Balaban J connectivity index is 1.94. The molecule has 0 atom stereocenters. The minimum absolute atomic E-state index is 0.211. The number of benzene rings is 1. The van der Waals surface area contributed by atoms with Crippen LogP contribution in [0.4, 0.5) is 13.2 Å². The van der Waals surface area contributed by atoms with Crippen molar-refractivity contribution in [1.82, 2.24) is 14.7 Å². The number of rotatable bonds is 4. The van der Waals surface area contributed by atoms with Gasteiger partial charge in [-0.1, -0.05) is 0 Å². The summed E-state index contributed by atoms with van der Waals surface area (Å²) < 4.78 is 47.1. The van der Waals surface area contributed by atoms with E-state index in [0.29, 0.717) is 18.8 Å². The molecule has 1 aliphatic rings. The summed E-state index contributed by atoms with van der Waals surface area (Å²) in [5.74, 6) is -0.107. The van der Waals surface area contributed by atoms with Gasteiger partial charge in [0.05, 0.1) is 57.3 Å². The highest BCUT2D eigenvalue weighted by atomic mass is 19.4. The van der Waals surface area contributed by atoms with E-state index in [1.54, 1.807) is 12.1 Å². The van der Waals surface area contributed by atoms with Gasteiger partial charge in [0.2, 0.25) is 0 Å². The molecule has 3 rings (SSSR count).